The standard InChI is InChI=1S/C32H32NOSi.C11H8N.Ir/c1-21(2)26-19-28(33-20-30(26)35(4,5)6)25-17-27(23-13-9-7-10-14-23)31-22(3)32(34-29(31)18-25)24-15-11-8-12-16-24;1-2-6-10(7-3-1)11-8-4-5-9-12-11;/h7-17,19-21H,1-6H3;1-6,8-9H;/q2*-1;/i21D;;. The molecule has 0 aliphatic carbocycles. The van der Waals surface area contributed by atoms with Gasteiger partial charge in [0.05, 0.1) is 13.7 Å². The molecule has 3 aromatic heterocycles. The van der Waals surface area contributed by atoms with Crippen LogP contribution in [0.1, 0.15) is 32.2 Å². The predicted molar refractivity (Wildman–Crippen MR) is 199 cm³/mol. The monoisotopic (exact) mass is 822 g/mol. The second-order valence-electron chi connectivity index (χ2n) is 12.9. The van der Waals surface area contributed by atoms with E-state index in [0.717, 1.165) is 67.1 Å². The molecule has 7 aromatic rings. The average molecular weight is 822 g/mol. The molecule has 0 fully saturated rings. The maximum atomic E-state index is 8.85. The summed E-state index contributed by atoms with van der Waals surface area (Å²) in [6.07, 6.45) is 3.78. The largest absolute Gasteiger partial charge is 0.476 e. The van der Waals surface area contributed by atoms with Gasteiger partial charge in [-0.15, -0.1) is 47.5 Å². The van der Waals surface area contributed by atoms with E-state index in [2.05, 4.69) is 92.2 Å². The van der Waals surface area contributed by atoms with E-state index in [-0.39, 0.29) is 20.1 Å². The molecule has 0 saturated heterocycles. The van der Waals surface area contributed by atoms with Crippen LogP contribution in [-0.2, 0) is 20.1 Å². The fourth-order valence-corrected chi connectivity index (χ4v) is 7.42. The molecule has 0 saturated carbocycles. The van der Waals surface area contributed by atoms with Gasteiger partial charge in [0.2, 0.25) is 0 Å². The van der Waals surface area contributed by atoms with Crippen LogP contribution in [0.4, 0.5) is 0 Å². The van der Waals surface area contributed by atoms with E-state index in [9.17, 15) is 0 Å². The van der Waals surface area contributed by atoms with Crippen LogP contribution in [0.25, 0.3) is 55.9 Å². The van der Waals surface area contributed by atoms with Gasteiger partial charge in [-0.05, 0) is 46.6 Å². The number of furan rings is 1. The van der Waals surface area contributed by atoms with Gasteiger partial charge in [-0.25, -0.2) is 0 Å². The third-order valence-corrected chi connectivity index (χ3v) is 10.3. The van der Waals surface area contributed by atoms with Gasteiger partial charge >= 0.3 is 0 Å². The molecule has 0 bridgehead atoms. The summed E-state index contributed by atoms with van der Waals surface area (Å²) in [5, 5.41) is 2.30. The van der Waals surface area contributed by atoms with Crippen LogP contribution in [0.5, 0.6) is 0 Å². The molecule has 3 heterocycles. The Kier molecular flexibility index (Phi) is 10.6. The number of aryl methyl sites for hydroxylation is 1. The zero-order chi connectivity index (χ0) is 33.9. The van der Waals surface area contributed by atoms with E-state index >= 15 is 0 Å². The molecule has 0 N–H and O–H groups in total. The fraction of sp³-hybridized carbons (Fsp3) is 0.163. The zero-order valence-electron chi connectivity index (χ0n) is 29.3. The van der Waals surface area contributed by atoms with Crippen LogP contribution >= 0.6 is 0 Å². The fourth-order valence-electron chi connectivity index (χ4n) is 5.84. The molecule has 0 amide bonds. The van der Waals surface area contributed by atoms with E-state index < -0.39 is 14.0 Å². The minimum atomic E-state index is -1.67. The summed E-state index contributed by atoms with van der Waals surface area (Å²) in [6, 6.07) is 45.3. The second kappa shape index (κ2) is 15.2. The number of nitrogens with zero attached hydrogens (tertiary/aromatic N) is 2. The van der Waals surface area contributed by atoms with E-state index in [1.54, 1.807) is 6.20 Å². The number of benzene rings is 4. The molecular weight excluding hydrogens is 781 g/mol. The Labute approximate surface area is 300 Å². The van der Waals surface area contributed by atoms with Crippen molar-refractivity contribution in [3.8, 4) is 45.0 Å². The summed E-state index contributed by atoms with van der Waals surface area (Å²) in [7, 11) is -1.67. The molecule has 243 valence electrons. The molecular formula is C43H40IrN2OSi-2. The van der Waals surface area contributed by atoms with Gasteiger partial charge in [-0.1, -0.05) is 135 Å². The van der Waals surface area contributed by atoms with Crippen LogP contribution in [-0.4, -0.2) is 18.0 Å². The quantitative estimate of drug-likeness (QED) is 0.124. The van der Waals surface area contributed by atoms with Crippen LogP contribution in [0.3, 0.4) is 0 Å². The number of pyridine rings is 2. The first kappa shape index (κ1) is 33.5. The Morgan fingerprint density at radius 1 is 0.750 bits per heavy atom. The van der Waals surface area contributed by atoms with E-state index in [1.807, 2.05) is 86.8 Å². The molecule has 4 aromatic carbocycles. The maximum Gasteiger partial charge on any atom is 0.126 e. The smallest absolute Gasteiger partial charge is 0.126 e. The first-order valence-electron chi connectivity index (χ1n) is 16.5. The minimum Gasteiger partial charge on any atom is -0.476 e. The number of fused-ring (bicyclic) bond motifs is 1. The molecule has 0 aliphatic rings. The molecule has 48 heavy (non-hydrogen) atoms. The van der Waals surface area contributed by atoms with Crippen molar-refractivity contribution in [2.45, 2.75) is 46.3 Å². The van der Waals surface area contributed by atoms with Crippen LogP contribution < -0.4 is 5.19 Å². The molecule has 5 heteroatoms. The van der Waals surface area contributed by atoms with E-state index in [0.29, 0.717) is 0 Å². The van der Waals surface area contributed by atoms with Gasteiger partial charge in [-0.2, -0.15) is 0 Å². The summed E-state index contributed by atoms with van der Waals surface area (Å²) in [5.41, 5.74) is 9.86. The number of hydrogen-bond donors (Lipinski definition) is 0. The van der Waals surface area contributed by atoms with Crippen molar-refractivity contribution in [3.63, 3.8) is 0 Å². The molecule has 0 aliphatic heterocycles. The summed E-state index contributed by atoms with van der Waals surface area (Å²) in [4.78, 5) is 9.11. The molecule has 0 unspecified atom stereocenters. The van der Waals surface area contributed by atoms with Crippen molar-refractivity contribution < 1.29 is 25.9 Å². The SMILES string of the molecule is [2H]C(C)(C)c1cc(-c2[c-]c3oc(-c4ccccc4)c(C)c3c(-c3ccccc3)c2)ncc1[Si](C)(C)C.[Ir].[c-]1ccccc1-c1ccccn1. The third kappa shape index (κ3) is 7.66. The Hall–Kier alpha value is -4.41. The predicted octanol–water partition coefficient (Wildman–Crippen LogP) is 11.2. The van der Waals surface area contributed by atoms with Gasteiger partial charge in [0.15, 0.2) is 0 Å². The molecule has 3 nitrogen and oxygen atoms in total. The maximum absolute atomic E-state index is 8.85. The Balaban J connectivity index is 0.000000303. The van der Waals surface area contributed by atoms with Gasteiger partial charge < -0.3 is 14.4 Å². The summed E-state index contributed by atoms with van der Waals surface area (Å²) >= 11 is 0. The van der Waals surface area contributed by atoms with Gasteiger partial charge in [0.25, 0.3) is 0 Å². The first-order chi connectivity index (χ1) is 23.0. The number of hydrogen-bond acceptors (Lipinski definition) is 3. The normalized spacial score (nSPS) is 11.7. The van der Waals surface area contributed by atoms with Crippen molar-refractivity contribution in [3.05, 3.63) is 151 Å². The van der Waals surface area contributed by atoms with Crippen molar-refractivity contribution >= 4 is 24.2 Å². The number of aromatic nitrogens is 2. The van der Waals surface area contributed by atoms with Gasteiger partial charge in [0, 0.05) is 39.4 Å². The van der Waals surface area contributed by atoms with Crippen LogP contribution in [0.15, 0.2) is 132 Å². The summed E-state index contributed by atoms with van der Waals surface area (Å²) in [6.45, 7) is 13.0. The van der Waals surface area contributed by atoms with Crippen LogP contribution in [0, 0.1) is 19.1 Å². The third-order valence-electron chi connectivity index (χ3n) is 8.25. The van der Waals surface area contributed by atoms with Crippen molar-refractivity contribution in [1.29, 1.82) is 0 Å². The Morgan fingerprint density at radius 3 is 2.02 bits per heavy atom. The Bertz CT molecular complexity index is 2100. The second-order valence-corrected chi connectivity index (χ2v) is 18.0. The zero-order valence-corrected chi connectivity index (χ0v) is 31.7. The van der Waals surface area contributed by atoms with E-state index in [1.165, 1.54) is 5.19 Å². The average Bonchev–Trinajstić information content (AvgIpc) is 3.44. The first-order valence-corrected chi connectivity index (χ1v) is 19.5. The van der Waals surface area contributed by atoms with Crippen molar-refractivity contribution in [1.82, 2.24) is 9.97 Å². The number of rotatable bonds is 6. The summed E-state index contributed by atoms with van der Waals surface area (Å²) in [5.74, 6) is 0.146. The van der Waals surface area contributed by atoms with E-state index in [4.69, 9.17) is 10.8 Å². The minimum absolute atomic E-state index is 0. The van der Waals surface area contributed by atoms with Crippen molar-refractivity contribution in [2.75, 3.05) is 0 Å². The van der Waals surface area contributed by atoms with Crippen molar-refractivity contribution in [2.24, 2.45) is 0 Å². The topological polar surface area (TPSA) is 38.9 Å². The molecule has 0 spiro atoms. The Morgan fingerprint density at radius 2 is 1.42 bits per heavy atom. The molecule has 1 radical (unpaired) electrons. The van der Waals surface area contributed by atoms with Crippen LogP contribution in [0.2, 0.25) is 19.6 Å². The van der Waals surface area contributed by atoms with Gasteiger partial charge in [-0.3, -0.25) is 0 Å². The van der Waals surface area contributed by atoms with Gasteiger partial charge in [0.1, 0.15) is 5.76 Å². The molecule has 0 atom stereocenters. The summed E-state index contributed by atoms with van der Waals surface area (Å²) < 4.78 is 15.3. The molecule has 7 rings (SSSR count).